The van der Waals surface area contributed by atoms with Gasteiger partial charge in [-0.15, -0.1) is 11.3 Å². The third-order valence-corrected chi connectivity index (χ3v) is 4.86. The molecule has 134 valence electrons. The summed E-state index contributed by atoms with van der Waals surface area (Å²) >= 11 is 1.55. The minimum atomic E-state index is 0.0445. The van der Waals surface area contributed by atoms with Crippen LogP contribution in [0, 0.1) is 0 Å². The molecular formula is C20H21N3O2S. The van der Waals surface area contributed by atoms with E-state index >= 15 is 0 Å². The molecule has 0 spiro atoms. The number of hydrogen-bond acceptors (Lipinski definition) is 5. The van der Waals surface area contributed by atoms with Gasteiger partial charge in [-0.3, -0.25) is 9.78 Å². The van der Waals surface area contributed by atoms with E-state index in [1.165, 1.54) is 0 Å². The second-order valence-electron chi connectivity index (χ2n) is 5.98. The number of phenolic OH excluding ortho intramolecular Hbond substituents is 1. The van der Waals surface area contributed by atoms with E-state index in [2.05, 4.69) is 15.3 Å². The lowest BCUT2D eigenvalue weighted by Crippen LogP contribution is -2.25. The maximum absolute atomic E-state index is 12.0. The Hall–Kier alpha value is -2.73. The van der Waals surface area contributed by atoms with Crippen LogP contribution in [0.5, 0.6) is 5.75 Å². The number of nitrogens with zero attached hydrogens (tertiary/aromatic N) is 2. The molecule has 0 radical (unpaired) electrons. The van der Waals surface area contributed by atoms with E-state index in [0.29, 0.717) is 19.4 Å². The number of rotatable bonds is 8. The van der Waals surface area contributed by atoms with Crippen LogP contribution in [-0.4, -0.2) is 27.5 Å². The van der Waals surface area contributed by atoms with Crippen LogP contribution >= 0.6 is 11.3 Å². The molecule has 6 heteroatoms. The Balaban J connectivity index is 1.36. The average molecular weight is 367 g/mol. The first-order chi connectivity index (χ1) is 12.7. The van der Waals surface area contributed by atoms with Crippen molar-refractivity contribution in [1.29, 1.82) is 0 Å². The summed E-state index contributed by atoms with van der Waals surface area (Å²) in [6.07, 6.45) is 4.57. The van der Waals surface area contributed by atoms with Gasteiger partial charge in [0.25, 0.3) is 0 Å². The van der Waals surface area contributed by atoms with E-state index in [0.717, 1.165) is 34.8 Å². The summed E-state index contributed by atoms with van der Waals surface area (Å²) in [6.45, 7) is 0.649. The topological polar surface area (TPSA) is 75.1 Å². The van der Waals surface area contributed by atoms with Gasteiger partial charge in [0.15, 0.2) is 0 Å². The maximum atomic E-state index is 12.0. The largest absolute Gasteiger partial charge is 0.508 e. The number of aryl methyl sites for hydroxylation is 2. The lowest BCUT2D eigenvalue weighted by atomic mass is 10.1. The highest BCUT2D eigenvalue weighted by Gasteiger charge is 2.08. The highest BCUT2D eigenvalue weighted by Crippen LogP contribution is 2.21. The molecule has 3 rings (SSSR count). The monoisotopic (exact) mass is 367 g/mol. The zero-order valence-corrected chi connectivity index (χ0v) is 15.2. The summed E-state index contributed by atoms with van der Waals surface area (Å²) in [4.78, 5) is 20.8. The molecule has 0 fully saturated rings. The molecule has 2 N–H and O–H groups in total. The van der Waals surface area contributed by atoms with Crippen LogP contribution in [0.15, 0.2) is 54.0 Å². The molecule has 1 amide bonds. The van der Waals surface area contributed by atoms with E-state index in [-0.39, 0.29) is 11.7 Å². The van der Waals surface area contributed by atoms with Crippen molar-refractivity contribution in [2.45, 2.75) is 25.7 Å². The smallest absolute Gasteiger partial charge is 0.220 e. The minimum absolute atomic E-state index is 0.0445. The van der Waals surface area contributed by atoms with Gasteiger partial charge in [-0.25, -0.2) is 4.98 Å². The number of phenols is 1. The number of nitrogens with one attached hydrogen (secondary N) is 1. The molecule has 3 aromatic rings. The van der Waals surface area contributed by atoms with Crippen LogP contribution in [-0.2, 0) is 17.6 Å². The standard InChI is InChI=1S/C20H21N3O2S/c24-17-9-6-15(7-10-17)4-3-13-22-19(25)11-8-16-14-26-20(23-16)18-5-1-2-12-21-18/h1-2,5-7,9-10,12,14,24H,3-4,8,11,13H2,(H,22,25). The lowest BCUT2D eigenvalue weighted by molar-refractivity contribution is -0.121. The van der Waals surface area contributed by atoms with Crippen molar-refractivity contribution in [2.24, 2.45) is 0 Å². The van der Waals surface area contributed by atoms with Crippen molar-refractivity contribution in [2.75, 3.05) is 6.54 Å². The Kier molecular flexibility index (Phi) is 6.33. The molecule has 2 heterocycles. The number of pyridine rings is 1. The number of hydrogen-bond donors (Lipinski definition) is 2. The molecule has 26 heavy (non-hydrogen) atoms. The highest BCUT2D eigenvalue weighted by molar-refractivity contribution is 7.13. The average Bonchev–Trinajstić information content (AvgIpc) is 3.15. The van der Waals surface area contributed by atoms with Gasteiger partial charge in [0.1, 0.15) is 10.8 Å². The Labute approximate surface area is 156 Å². The molecule has 5 nitrogen and oxygen atoms in total. The number of benzene rings is 1. The van der Waals surface area contributed by atoms with Crippen LogP contribution in [0.3, 0.4) is 0 Å². The molecule has 0 saturated heterocycles. The zero-order chi connectivity index (χ0) is 18.2. The van der Waals surface area contributed by atoms with Gasteiger partial charge in [-0.2, -0.15) is 0 Å². The fourth-order valence-electron chi connectivity index (χ4n) is 2.54. The van der Waals surface area contributed by atoms with Gasteiger partial charge in [0, 0.05) is 24.5 Å². The Morgan fingerprint density at radius 3 is 2.73 bits per heavy atom. The number of carbonyl (C=O) groups excluding carboxylic acids is 1. The predicted molar refractivity (Wildman–Crippen MR) is 103 cm³/mol. The van der Waals surface area contributed by atoms with Gasteiger partial charge in [-0.05, 0) is 49.1 Å². The molecule has 1 aromatic carbocycles. The van der Waals surface area contributed by atoms with E-state index < -0.39 is 0 Å². The van der Waals surface area contributed by atoms with Crippen molar-refractivity contribution < 1.29 is 9.90 Å². The third kappa shape index (κ3) is 5.39. The van der Waals surface area contributed by atoms with E-state index in [9.17, 15) is 9.90 Å². The van der Waals surface area contributed by atoms with Gasteiger partial charge >= 0.3 is 0 Å². The first-order valence-corrected chi connectivity index (χ1v) is 9.49. The van der Waals surface area contributed by atoms with Crippen LogP contribution in [0.4, 0.5) is 0 Å². The number of aromatic nitrogens is 2. The van der Waals surface area contributed by atoms with Crippen molar-refractivity contribution in [3.05, 3.63) is 65.3 Å². The highest BCUT2D eigenvalue weighted by atomic mass is 32.1. The zero-order valence-electron chi connectivity index (χ0n) is 14.4. The summed E-state index contributed by atoms with van der Waals surface area (Å²) in [6, 6.07) is 12.9. The molecule has 0 bridgehead atoms. The number of thiazole rings is 1. The Morgan fingerprint density at radius 1 is 1.12 bits per heavy atom. The summed E-state index contributed by atoms with van der Waals surface area (Å²) < 4.78 is 0. The number of aromatic hydroxyl groups is 1. The molecule has 0 aliphatic rings. The molecule has 0 atom stereocenters. The normalized spacial score (nSPS) is 10.6. The Bertz CT molecular complexity index is 832. The van der Waals surface area contributed by atoms with E-state index in [1.54, 1.807) is 29.7 Å². The predicted octanol–water partition coefficient (Wildman–Crippen LogP) is 3.59. The van der Waals surface area contributed by atoms with E-state index in [4.69, 9.17) is 0 Å². The number of carbonyl (C=O) groups is 1. The first kappa shape index (κ1) is 18.1. The number of amides is 1. The lowest BCUT2D eigenvalue weighted by Gasteiger charge is -2.05. The second-order valence-corrected chi connectivity index (χ2v) is 6.84. The van der Waals surface area contributed by atoms with Crippen molar-refractivity contribution in [1.82, 2.24) is 15.3 Å². The van der Waals surface area contributed by atoms with Gasteiger partial charge < -0.3 is 10.4 Å². The maximum Gasteiger partial charge on any atom is 0.220 e. The molecule has 0 aliphatic heterocycles. The minimum Gasteiger partial charge on any atom is -0.508 e. The fourth-order valence-corrected chi connectivity index (χ4v) is 3.37. The second kappa shape index (κ2) is 9.10. The van der Waals surface area contributed by atoms with Crippen molar-refractivity contribution >= 4 is 17.2 Å². The van der Waals surface area contributed by atoms with Crippen LogP contribution in [0.1, 0.15) is 24.1 Å². The van der Waals surface area contributed by atoms with Crippen LogP contribution < -0.4 is 5.32 Å². The summed E-state index contributed by atoms with van der Waals surface area (Å²) in [5, 5.41) is 15.1. The van der Waals surface area contributed by atoms with Crippen LogP contribution in [0.25, 0.3) is 10.7 Å². The summed E-state index contributed by atoms with van der Waals surface area (Å²) in [5.74, 6) is 0.318. The molecule has 0 saturated carbocycles. The van der Waals surface area contributed by atoms with Gasteiger partial charge in [0.05, 0.1) is 11.4 Å². The molecule has 0 aliphatic carbocycles. The third-order valence-electron chi connectivity index (χ3n) is 3.94. The molecular weight excluding hydrogens is 346 g/mol. The van der Waals surface area contributed by atoms with Gasteiger partial charge in [-0.1, -0.05) is 18.2 Å². The summed E-state index contributed by atoms with van der Waals surface area (Å²) in [7, 11) is 0. The summed E-state index contributed by atoms with van der Waals surface area (Å²) in [5.41, 5.74) is 2.94. The fraction of sp³-hybridized carbons (Fsp3) is 0.250. The molecule has 2 aromatic heterocycles. The SMILES string of the molecule is O=C(CCc1csc(-c2ccccn2)n1)NCCCc1ccc(O)cc1. The first-order valence-electron chi connectivity index (χ1n) is 8.61. The Morgan fingerprint density at radius 2 is 1.96 bits per heavy atom. The van der Waals surface area contributed by atoms with Crippen LogP contribution in [0.2, 0.25) is 0 Å². The van der Waals surface area contributed by atoms with E-state index in [1.807, 2.05) is 35.7 Å². The quantitative estimate of drug-likeness (QED) is 0.597. The van der Waals surface area contributed by atoms with Crippen molar-refractivity contribution in [3.63, 3.8) is 0 Å². The van der Waals surface area contributed by atoms with Crippen molar-refractivity contribution in [3.8, 4) is 16.5 Å². The molecule has 0 unspecified atom stereocenters. The van der Waals surface area contributed by atoms with Gasteiger partial charge in [0.2, 0.25) is 5.91 Å².